The molecule has 4 rings (SSSR count). The number of anilines is 1. The fourth-order valence-electron chi connectivity index (χ4n) is 2.82. The summed E-state index contributed by atoms with van der Waals surface area (Å²) in [5, 5.41) is 11.3. The van der Waals surface area contributed by atoms with Crippen LogP contribution < -0.4 is 5.32 Å². The van der Waals surface area contributed by atoms with Gasteiger partial charge in [-0.1, -0.05) is 30.3 Å². The Balaban J connectivity index is 1.55. The number of benzene rings is 2. The van der Waals surface area contributed by atoms with Crippen LogP contribution >= 0.6 is 11.5 Å². The zero-order chi connectivity index (χ0) is 20.4. The summed E-state index contributed by atoms with van der Waals surface area (Å²) in [5.74, 6) is -0.558. The first-order valence-corrected chi connectivity index (χ1v) is 9.75. The number of carbonyl (C=O) groups excluding carboxylic acids is 1. The first-order valence-electron chi connectivity index (χ1n) is 8.97. The molecule has 0 saturated carbocycles. The van der Waals surface area contributed by atoms with E-state index in [1.54, 1.807) is 4.68 Å². The smallest absolute Gasteiger partial charge is 0.257 e. The second-order valence-electron chi connectivity index (χ2n) is 6.34. The van der Waals surface area contributed by atoms with Crippen LogP contribution in [-0.2, 0) is 6.42 Å². The Morgan fingerprint density at radius 1 is 1.21 bits per heavy atom. The first-order chi connectivity index (χ1) is 14.0. The molecular formula is C20H17FN6OS. The van der Waals surface area contributed by atoms with Crippen LogP contribution in [0.5, 0.6) is 0 Å². The normalized spacial score (nSPS) is 10.9. The lowest BCUT2D eigenvalue weighted by molar-refractivity contribution is 0.102. The van der Waals surface area contributed by atoms with Crippen LogP contribution in [0.2, 0.25) is 0 Å². The highest BCUT2D eigenvalue weighted by Gasteiger charge is 2.18. The van der Waals surface area contributed by atoms with E-state index in [4.69, 9.17) is 0 Å². The van der Waals surface area contributed by atoms with E-state index in [1.807, 2.05) is 19.1 Å². The van der Waals surface area contributed by atoms with E-state index < -0.39 is 11.7 Å². The van der Waals surface area contributed by atoms with Crippen molar-refractivity contribution in [3.8, 4) is 17.2 Å². The van der Waals surface area contributed by atoms with Crippen LogP contribution in [0.1, 0.15) is 28.5 Å². The van der Waals surface area contributed by atoms with Gasteiger partial charge in [-0.3, -0.25) is 10.1 Å². The third-order valence-corrected chi connectivity index (χ3v) is 5.06. The SMILES string of the molecule is CCc1ccc(-n2nnc(-c3nsc(NC(=O)c4cccc(F)c4)n3)c2C)cc1. The molecule has 0 unspecified atom stereocenters. The van der Waals surface area contributed by atoms with Crippen LogP contribution in [0, 0.1) is 12.7 Å². The molecule has 0 bridgehead atoms. The number of hydrogen-bond donors (Lipinski definition) is 1. The predicted molar refractivity (Wildman–Crippen MR) is 109 cm³/mol. The summed E-state index contributed by atoms with van der Waals surface area (Å²) >= 11 is 1.03. The minimum Gasteiger partial charge on any atom is -0.297 e. The quantitative estimate of drug-likeness (QED) is 0.538. The van der Waals surface area contributed by atoms with Crippen molar-refractivity contribution < 1.29 is 9.18 Å². The Bertz CT molecular complexity index is 1170. The van der Waals surface area contributed by atoms with Crippen LogP contribution in [0.15, 0.2) is 48.5 Å². The number of aryl methyl sites for hydroxylation is 1. The molecular weight excluding hydrogens is 391 g/mol. The number of amides is 1. The van der Waals surface area contributed by atoms with Gasteiger partial charge in [-0.25, -0.2) is 9.07 Å². The van der Waals surface area contributed by atoms with Gasteiger partial charge in [0.25, 0.3) is 5.91 Å². The molecule has 1 amide bonds. The van der Waals surface area contributed by atoms with E-state index in [0.29, 0.717) is 16.6 Å². The maximum atomic E-state index is 13.3. The molecule has 0 aliphatic heterocycles. The van der Waals surface area contributed by atoms with Crippen molar-refractivity contribution in [2.24, 2.45) is 0 Å². The Morgan fingerprint density at radius 2 is 2.00 bits per heavy atom. The van der Waals surface area contributed by atoms with E-state index in [2.05, 4.69) is 44.0 Å². The number of aromatic nitrogens is 5. The zero-order valence-corrected chi connectivity index (χ0v) is 16.6. The van der Waals surface area contributed by atoms with Gasteiger partial charge in [0.05, 0.1) is 11.4 Å². The highest BCUT2D eigenvalue weighted by atomic mass is 32.1. The number of halogens is 1. The minimum absolute atomic E-state index is 0.208. The third kappa shape index (κ3) is 3.90. The summed E-state index contributed by atoms with van der Waals surface area (Å²) in [7, 11) is 0. The molecule has 0 aliphatic rings. The molecule has 146 valence electrons. The number of hydrogen-bond acceptors (Lipinski definition) is 6. The summed E-state index contributed by atoms with van der Waals surface area (Å²) in [4.78, 5) is 16.6. The van der Waals surface area contributed by atoms with E-state index in [-0.39, 0.29) is 5.56 Å². The molecule has 2 heterocycles. The molecule has 0 spiro atoms. The number of carbonyl (C=O) groups is 1. The lowest BCUT2D eigenvalue weighted by Crippen LogP contribution is -2.11. The van der Waals surface area contributed by atoms with E-state index >= 15 is 0 Å². The summed E-state index contributed by atoms with van der Waals surface area (Å²) in [5.41, 5.74) is 3.67. The monoisotopic (exact) mass is 408 g/mol. The maximum Gasteiger partial charge on any atom is 0.257 e. The second-order valence-corrected chi connectivity index (χ2v) is 7.09. The van der Waals surface area contributed by atoms with Crippen LogP contribution in [0.25, 0.3) is 17.2 Å². The zero-order valence-electron chi connectivity index (χ0n) is 15.8. The molecule has 0 fully saturated rings. The minimum atomic E-state index is -0.477. The molecule has 0 aliphatic carbocycles. The Morgan fingerprint density at radius 3 is 2.72 bits per heavy atom. The van der Waals surface area contributed by atoms with Gasteiger partial charge in [-0.05, 0) is 49.2 Å². The predicted octanol–water partition coefficient (Wildman–Crippen LogP) is 4.05. The van der Waals surface area contributed by atoms with Gasteiger partial charge in [0.15, 0.2) is 11.5 Å². The lowest BCUT2D eigenvalue weighted by Gasteiger charge is -2.04. The van der Waals surface area contributed by atoms with Crippen molar-refractivity contribution in [1.29, 1.82) is 0 Å². The average molecular weight is 408 g/mol. The van der Waals surface area contributed by atoms with Crippen molar-refractivity contribution >= 4 is 22.6 Å². The van der Waals surface area contributed by atoms with Gasteiger partial charge in [0.1, 0.15) is 5.82 Å². The third-order valence-electron chi connectivity index (χ3n) is 4.43. The number of nitrogens with zero attached hydrogens (tertiary/aromatic N) is 5. The molecule has 4 aromatic rings. The molecule has 2 aromatic carbocycles. The fourth-order valence-corrected chi connectivity index (χ4v) is 3.39. The van der Waals surface area contributed by atoms with Gasteiger partial charge in [0.2, 0.25) is 5.13 Å². The average Bonchev–Trinajstić information content (AvgIpc) is 3.34. The van der Waals surface area contributed by atoms with Crippen molar-refractivity contribution in [2.45, 2.75) is 20.3 Å². The van der Waals surface area contributed by atoms with Crippen LogP contribution in [-0.4, -0.2) is 30.3 Å². The van der Waals surface area contributed by atoms with Gasteiger partial charge in [0, 0.05) is 17.1 Å². The van der Waals surface area contributed by atoms with Crippen LogP contribution in [0.4, 0.5) is 9.52 Å². The lowest BCUT2D eigenvalue weighted by atomic mass is 10.1. The molecule has 0 saturated heterocycles. The van der Waals surface area contributed by atoms with Gasteiger partial charge in [-0.15, -0.1) is 5.10 Å². The molecule has 7 nitrogen and oxygen atoms in total. The van der Waals surface area contributed by atoms with E-state index in [0.717, 1.165) is 35.4 Å². The second kappa shape index (κ2) is 7.88. The summed E-state index contributed by atoms with van der Waals surface area (Å²) in [6, 6.07) is 13.5. The molecule has 9 heteroatoms. The molecule has 2 aromatic heterocycles. The van der Waals surface area contributed by atoms with Crippen molar-refractivity contribution in [3.63, 3.8) is 0 Å². The molecule has 29 heavy (non-hydrogen) atoms. The Hall–Kier alpha value is -3.46. The van der Waals surface area contributed by atoms with E-state index in [1.165, 1.54) is 23.8 Å². The van der Waals surface area contributed by atoms with Gasteiger partial charge >= 0.3 is 0 Å². The fraction of sp³-hybridized carbons (Fsp3) is 0.150. The Kier molecular flexibility index (Phi) is 5.13. The first kappa shape index (κ1) is 18.9. The van der Waals surface area contributed by atoms with Crippen molar-refractivity contribution in [1.82, 2.24) is 24.4 Å². The van der Waals surface area contributed by atoms with Crippen molar-refractivity contribution in [3.05, 3.63) is 71.2 Å². The summed E-state index contributed by atoms with van der Waals surface area (Å²) in [6.07, 6.45) is 0.967. The Labute approximate surface area is 170 Å². The highest BCUT2D eigenvalue weighted by Crippen LogP contribution is 2.24. The molecule has 0 radical (unpaired) electrons. The maximum absolute atomic E-state index is 13.3. The highest BCUT2D eigenvalue weighted by molar-refractivity contribution is 7.10. The largest absolute Gasteiger partial charge is 0.297 e. The molecule has 0 atom stereocenters. The van der Waals surface area contributed by atoms with Crippen LogP contribution in [0.3, 0.4) is 0 Å². The number of rotatable bonds is 5. The molecule has 1 N–H and O–H groups in total. The van der Waals surface area contributed by atoms with Crippen molar-refractivity contribution in [2.75, 3.05) is 5.32 Å². The topological polar surface area (TPSA) is 85.6 Å². The summed E-state index contributed by atoms with van der Waals surface area (Å²) in [6.45, 7) is 3.99. The standard InChI is InChI=1S/C20H17FN6OS/c1-3-13-7-9-16(10-8-13)27-12(2)17(24-26-27)18-22-20(29-25-18)23-19(28)14-5-4-6-15(21)11-14/h4-11H,3H2,1-2H3,(H,22,23,25,28). The summed E-state index contributed by atoms with van der Waals surface area (Å²) < 4.78 is 19.3. The van der Waals surface area contributed by atoms with Gasteiger partial charge < -0.3 is 0 Å². The van der Waals surface area contributed by atoms with E-state index in [9.17, 15) is 9.18 Å². The van der Waals surface area contributed by atoms with Gasteiger partial charge in [-0.2, -0.15) is 9.36 Å². The number of nitrogens with one attached hydrogen (secondary N) is 1.